The monoisotopic (exact) mass is 113 g/mol. The van der Waals surface area contributed by atoms with Gasteiger partial charge in [0.1, 0.15) is 0 Å². The molecule has 46 valence electrons. The van der Waals surface area contributed by atoms with Crippen molar-refractivity contribution >= 4 is 6.40 Å². The SMILES string of the molecule is C1=NCCCCCO1. The normalized spacial score (nSPS) is 21.0. The predicted molar refractivity (Wildman–Crippen MR) is 33.2 cm³/mol. The molecule has 1 heterocycles. The number of ether oxygens (including phenoxy) is 1. The summed E-state index contributed by atoms with van der Waals surface area (Å²) in [5.41, 5.74) is 0. The summed E-state index contributed by atoms with van der Waals surface area (Å²) < 4.78 is 4.98. The first kappa shape index (κ1) is 5.60. The fourth-order valence-electron chi connectivity index (χ4n) is 0.723. The molecule has 0 saturated carbocycles. The minimum Gasteiger partial charge on any atom is -0.483 e. The van der Waals surface area contributed by atoms with Crippen LogP contribution in [0.4, 0.5) is 0 Å². The summed E-state index contributed by atoms with van der Waals surface area (Å²) in [5, 5.41) is 0. The third-order valence-electron chi connectivity index (χ3n) is 1.20. The molecule has 0 atom stereocenters. The summed E-state index contributed by atoms with van der Waals surface area (Å²) in [5.74, 6) is 0. The average molecular weight is 113 g/mol. The highest BCUT2D eigenvalue weighted by Crippen LogP contribution is 1.97. The first-order chi connectivity index (χ1) is 4.00. The van der Waals surface area contributed by atoms with E-state index in [-0.39, 0.29) is 0 Å². The lowest BCUT2D eigenvalue weighted by Crippen LogP contribution is -1.97. The molecule has 0 N–H and O–H groups in total. The molecule has 1 aliphatic heterocycles. The van der Waals surface area contributed by atoms with Crippen LogP contribution in [-0.4, -0.2) is 19.6 Å². The summed E-state index contributed by atoms with van der Waals surface area (Å²) in [6.07, 6.45) is 5.24. The molecule has 1 aliphatic rings. The lowest BCUT2D eigenvalue weighted by atomic mass is 10.2. The van der Waals surface area contributed by atoms with Crippen LogP contribution in [0.3, 0.4) is 0 Å². The summed E-state index contributed by atoms with van der Waals surface area (Å²) in [7, 11) is 0. The number of rotatable bonds is 0. The Morgan fingerprint density at radius 3 is 3.25 bits per heavy atom. The lowest BCUT2D eigenvalue weighted by molar-refractivity contribution is 0.300. The van der Waals surface area contributed by atoms with Crippen LogP contribution in [0.1, 0.15) is 19.3 Å². The third kappa shape index (κ3) is 1.96. The topological polar surface area (TPSA) is 21.6 Å². The molecule has 0 saturated heterocycles. The molecule has 0 unspecified atom stereocenters. The van der Waals surface area contributed by atoms with Gasteiger partial charge in [0, 0.05) is 6.54 Å². The van der Waals surface area contributed by atoms with Crippen molar-refractivity contribution in [1.82, 2.24) is 0 Å². The Kier molecular flexibility index (Phi) is 2.43. The molecule has 2 heteroatoms. The highest BCUT2D eigenvalue weighted by molar-refractivity contribution is 5.46. The zero-order valence-corrected chi connectivity index (χ0v) is 4.97. The van der Waals surface area contributed by atoms with Gasteiger partial charge in [-0.05, 0) is 19.3 Å². The van der Waals surface area contributed by atoms with Crippen LogP contribution in [0.25, 0.3) is 0 Å². The Morgan fingerprint density at radius 2 is 2.25 bits per heavy atom. The molecule has 0 aromatic rings. The van der Waals surface area contributed by atoms with Gasteiger partial charge in [-0.25, -0.2) is 0 Å². The van der Waals surface area contributed by atoms with E-state index in [0.29, 0.717) is 0 Å². The van der Waals surface area contributed by atoms with Crippen molar-refractivity contribution in [1.29, 1.82) is 0 Å². The molecule has 0 aliphatic carbocycles. The van der Waals surface area contributed by atoms with Gasteiger partial charge < -0.3 is 4.74 Å². The molecule has 0 spiro atoms. The maximum Gasteiger partial charge on any atom is 0.169 e. The van der Waals surface area contributed by atoms with Gasteiger partial charge in [0.2, 0.25) is 0 Å². The van der Waals surface area contributed by atoms with Crippen molar-refractivity contribution in [2.45, 2.75) is 19.3 Å². The summed E-state index contributed by atoms with van der Waals surface area (Å²) in [6.45, 7) is 1.80. The Labute approximate surface area is 49.6 Å². The largest absolute Gasteiger partial charge is 0.483 e. The Morgan fingerprint density at radius 1 is 1.25 bits per heavy atom. The van der Waals surface area contributed by atoms with E-state index in [1.165, 1.54) is 19.3 Å². The molecule has 0 radical (unpaired) electrons. The first-order valence-corrected chi connectivity index (χ1v) is 3.10. The van der Waals surface area contributed by atoms with Crippen LogP contribution in [-0.2, 0) is 4.74 Å². The minimum absolute atomic E-state index is 0.851. The minimum atomic E-state index is 0.851. The second kappa shape index (κ2) is 3.47. The van der Waals surface area contributed by atoms with E-state index in [0.717, 1.165) is 13.2 Å². The summed E-state index contributed by atoms with van der Waals surface area (Å²) >= 11 is 0. The molecule has 0 aromatic carbocycles. The van der Waals surface area contributed by atoms with E-state index >= 15 is 0 Å². The van der Waals surface area contributed by atoms with Gasteiger partial charge in [-0.1, -0.05) is 0 Å². The van der Waals surface area contributed by atoms with Gasteiger partial charge in [-0.2, -0.15) is 0 Å². The molecule has 0 bridgehead atoms. The van der Waals surface area contributed by atoms with Crippen molar-refractivity contribution in [2.24, 2.45) is 4.99 Å². The summed E-state index contributed by atoms with van der Waals surface area (Å²) in [6, 6.07) is 0. The predicted octanol–water partition coefficient (Wildman–Crippen LogP) is 1.22. The highest BCUT2D eigenvalue weighted by atomic mass is 16.5. The maximum atomic E-state index is 4.98. The molecule has 0 aromatic heterocycles. The molecule has 2 nitrogen and oxygen atoms in total. The van der Waals surface area contributed by atoms with E-state index in [9.17, 15) is 0 Å². The maximum absolute atomic E-state index is 4.98. The van der Waals surface area contributed by atoms with Crippen LogP contribution in [0, 0.1) is 0 Å². The van der Waals surface area contributed by atoms with Crippen molar-refractivity contribution in [3.05, 3.63) is 0 Å². The molecule has 1 rings (SSSR count). The lowest BCUT2D eigenvalue weighted by Gasteiger charge is -2.02. The summed E-state index contributed by atoms with van der Waals surface area (Å²) in [4.78, 5) is 3.98. The van der Waals surface area contributed by atoms with Gasteiger partial charge in [-0.3, -0.25) is 4.99 Å². The Balaban J connectivity index is 2.17. The van der Waals surface area contributed by atoms with Crippen LogP contribution >= 0.6 is 0 Å². The smallest absolute Gasteiger partial charge is 0.169 e. The highest BCUT2D eigenvalue weighted by Gasteiger charge is 1.90. The Hall–Kier alpha value is -0.530. The standard InChI is InChI=1S/C6H11NO/c1-2-4-7-6-8-5-3-1/h6H,1-5H2. The number of hydrogen-bond donors (Lipinski definition) is 0. The third-order valence-corrected chi connectivity index (χ3v) is 1.20. The molecule has 8 heavy (non-hydrogen) atoms. The fraction of sp³-hybridized carbons (Fsp3) is 0.833. The molecular formula is C6H11NO. The van der Waals surface area contributed by atoms with E-state index in [4.69, 9.17) is 4.74 Å². The zero-order chi connectivity index (χ0) is 5.66. The van der Waals surface area contributed by atoms with Gasteiger partial charge in [-0.15, -0.1) is 0 Å². The van der Waals surface area contributed by atoms with Crippen molar-refractivity contribution in [2.75, 3.05) is 13.2 Å². The van der Waals surface area contributed by atoms with Gasteiger partial charge in [0.15, 0.2) is 6.40 Å². The fourth-order valence-corrected chi connectivity index (χ4v) is 0.723. The van der Waals surface area contributed by atoms with Crippen LogP contribution in [0.15, 0.2) is 4.99 Å². The van der Waals surface area contributed by atoms with E-state index in [1.54, 1.807) is 6.40 Å². The van der Waals surface area contributed by atoms with E-state index < -0.39 is 0 Å². The second-order valence-corrected chi connectivity index (χ2v) is 1.94. The van der Waals surface area contributed by atoms with Crippen molar-refractivity contribution < 1.29 is 4.74 Å². The van der Waals surface area contributed by atoms with Crippen LogP contribution in [0.2, 0.25) is 0 Å². The molecule has 0 fully saturated rings. The second-order valence-electron chi connectivity index (χ2n) is 1.94. The van der Waals surface area contributed by atoms with Gasteiger partial charge >= 0.3 is 0 Å². The van der Waals surface area contributed by atoms with Gasteiger partial charge in [0.25, 0.3) is 0 Å². The molecule has 0 amide bonds. The van der Waals surface area contributed by atoms with Crippen LogP contribution < -0.4 is 0 Å². The molecular weight excluding hydrogens is 102 g/mol. The van der Waals surface area contributed by atoms with Gasteiger partial charge in [0.05, 0.1) is 6.61 Å². The zero-order valence-electron chi connectivity index (χ0n) is 4.97. The van der Waals surface area contributed by atoms with E-state index in [2.05, 4.69) is 4.99 Å². The quantitative estimate of drug-likeness (QED) is 0.462. The Bertz CT molecular complexity index is 70.6. The van der Waals surface area contributed by atoms with Crippen LogP contribution in [0.5, 0.6) is 0 Å². The number of hydrogen-bond acceptors (Lipinski definition) is 2. The first-order valence-electron chi connectivity index (χ1n) is 3.10. The van der Waals surface area contributed by atoms with Crippen molar-refractivity contribution in [3.8, 4) is 0 Å². The number of aliphatic imine (C=N–C) groups is 1. The average Bonchev–Trinajstić information content (AvgIpc) is 1.62. The van der Waals surface area contributed by atoms with E-state index in [1.807, 2.05) is 0 Å². The number of nitrogens with zero attached hydrogens (tertiary/aromatic N) is 1. The van der Waals surface area contributed by atoms with Crippen molar-refractivity contribution in [3.63, 3.8) is 0 Å².